The highest BCUT2D eigenvalue weighted by Gasteiger charge is 2.13. The van der Waals surface area contributed by atoms with Gasteiger partial charge in [0, 0.05) is 29.0 Å². The number of hydrogen-bond donors (Lipinski definition) is 1. The van der Waals surface area contributed by atoms with E-state index < -0.39 is 5.63 Å². The standard InChI is InChI=1S/C20H18N2O3S/c1-4-13-6-15-14(7-19(24)25-18(15)8-17(13)23)10-26-20-16(9-21)11(2)5-12(3)22-20/h5-8,23H,4,10H2,1-3H3. The number of phenolic OH excluding ortho intramolecular Hbond substituents is 1. The van der Waals surface area contributed by atoms with Crippen molar-refractivity contribution in [3.8, 4) is 11.8 Å². The van der Waals surface area contributed by atoms with Gasteiger partial charge in [0.05, 0.1) is 5.56 Å². The third kappa shape index (κ3) is 3.44. The highest BCUT2D eigenvalue weighted by Crippen LogP contribution is 2.31. The molecule has 1 N–H and O–H groups in total. The van der Waals surface area contributed by atoms with Crippen molar-refractivity contribution < 1.29 is 9.52 Å². The van der Waals surface area contributed by atoms with Crippen molar-refractivity contribution in [3.05, 3.63) is 62.6 Å². The van der Waals surface area contributed by atoms with Gasteiger partial charge in [0.15, 0.2) is 0 Å². The minimum absolute atomic E-state index is 0.121. The van der Waals surface area contributed by atoms with Crippen molar-refractivity contribution in [2.75, 3.05) is 0 Å². The van der Waals surface area contributed by atoms with Crippen LogP contribution in [0.25, 0.3) is 11.0 Å². The number of aromatic nitrogens is 1. The Morgan fingerprint density at radius 2 is 2.00 bits per heavy atom. The van der Waals surface area contributed by atoms with Crippen molar-refractivity contribution >= 4 is 22.7 Å². The predicted molar refractivity (Wildman–Crippen MR) is 102 cm³/mol. The van der Waals surface area contributed by atoms with Gasteiger partial charge in [-0.25, -0.2) is 9.78 Å². The Morgan fingerprint density at radius 3 is 2.69 bits per heavy atom. The third-order valence-electron chi connectivity index (χ3n) is 4.20. The van der Waals surface area contributed by atoms with Gasteiger partial charge in [0.25, 0.3) is 0 Å². The lowest BCUT2D eigenvalue weighted by Gasteiger charge is -2.10. The maximum Gasteiger partial charge on any atom is 0.336 e. The first kappa shape index (κ1) is 18.0. The Hall–Kier alpha value is -2.78. The average molecular weight is 366 g/mol. The molecule has 3 aromatic rings. The highest BCUT2D eigenvalue weighted by atomic mass is 32.2. The maximum atomic E-state index is 11.9. The number of thioether (sulfide) groups is 1. The molecule has 0 aliphatic carbocycles. The van der Waals surface area contributed by atoms with Crippen LogP contribution in [0.3, 0.4) is 0 Å². The van der Waals surface area contributed by atoms with Gasteiger partial charge in [-0.3, -0.25) is 0 Å². The van der Waals surface area contributed by atoms with Crippen LogP contribution in [-0.2, 0) is 12.2 Å². The molecule has 0 amide bonds. The summed E-state index contributed by atoms with van der Waals surface area (Å²) in [5.74, 6) is 0.594. The molecule has 0 saturated heterocycles. The summed E-state index contributed by atoms with van der Waals surface area (Å²) in [6, 6.07) is 8.88. The zero-order valence-corrected chi connectivity index (χ0v) is 15.6. The van der Waals surface area contributed by atoms with Gasteiger partial charge in [0.2, 0.25) is 0 Å². The van der Waals surface area contributed by atoms with E-state index in [0.717, 1.165) is 27.8 Å². The number of rotatable bonds is 4. The first-order valence-electron chi connectivity index (χ1n) is 8.22. The van der Waals surface area contributed by atoms with Crippen molar-refractivity contribution in [3.63, 3.8) is 0 Å². The Labute approximate surface area is 155 Å². The molecule has 6 heteroatoms. The number of fused-ring (bicyclic) bond motifs is 1. The summed E-state index contributed by atoms with van der Waals surface area (Å²) in [5.41, 5.74) is 3.76. The number of phenols is 1. The molecule has 132 valence electrons. The van der Waals surface area contributed by atoms with Gasteiger partial charge in [-0.2, -0.15) is 5.26 Å². The van der Waals surface area contributed by atoms with Crippen LogP contribution in [0.2, 0.25) is 0 Å². The molecular formula is C20H18N2O3S. The molecule has 0 bridgehead atoms. The van der Waals surface area contributed by atoms with Crippen LogP contribution in [-0.4, -0.2) is 10.1 Å². The SMILES string of the molecule is CCc1cc2c(CSc3nc(C)cc(C)c3C#N)cc(=O)oc2cc1O. The number of nitrogens with zero attached hydrogens (tertiary/aromatic N) is 2. The Bertz CT molecular complexity index is 1100. The normalized spacial score (nSPS) is 10.8. The summed E-state index contributed by atoms with van der Waals surface area (Å²) >= 11 is 1.42. The van der Waals surface area contributed by atoms with Gasteiger partial charge in [-0.15, -0.1) is 11.8 Å². The molecule has 1 aromatic carbocycles. The summed E-state index contributed by atoms with van der Waals surface area (Å²) in [7, 11) is 0. The van der Waals surface area contributed by atoms with Gasteiger partial charge < -0.3 is 9.52 Å². The Morgan fingerprint density at radius 1 is 1.23 bits per heavy atom. The van der Waals surface area contributed by atoms with Gasteiger partial charge in [0.1, 0.15) is 22.4 Å². The first-order valence-corrected chi connectivity index (χ1v) is 9.21. The lowest BCUT2D eigenvalue weighted by atomic mass is 10.1. The molecular weight excluding hydrogens is 348 g/mol. The van der Waals surface area contributed by atoms with E-state index in [0.29, 0.717) is 28.3 Å². The largest absolute Gasteiger partial charge is 0.508 e. The minimum atomic E-state index is -0.467. The number of aryl methyl sites for hydroxylation is 3. The van der Waals surface area contributed by atoms with Crippen LogP contribution in [0.1, 0.15) is 34.9 Å². The fourth-order valence-electron chi connectivity index (χ4n) is 2.90. The van der Waals surface area contributed by atoms with E-state index in [9.17, 15) is 15.2 Å². The van der Waals surface area contributed by atoms with Crippen LogP contribution in [0, 0.1) is 25.2 Å². The van der Waals surface area contributed by atoms with Crippen molar-refractivity contribution in [2.45, 2.75) is 38.0 Å². The van der Waals surface area contributed by atoms with Crippen LogP contribution in [0.5, 0.6) is 5.75 Å². The number of benzene rings is 1. The fraction of sp³-hybridized carbons (Fsp3) is 0.250. The number of nitriles is 1. The summed E-state index contributed by atoms with van der Waals surface area (Å²) in [6.45, 7) is 5.73. The van der Waals surface area contributed by atoms with Gasteiger partial charge in [-0.1, -0.05) is 6.92 Å². The zero-order valence-electron chi connectivity index (χ0n) is 14.8. The van der Waals surface area contributed by atoms with E-state index in [2.05, 4.69) is 11.1 Å². The van der Waals surface area contributed by atoms with E-state index in [4.69, 9.17) is 4.42 Å². The molecule has 0 fully saturated rings. The van der Waals surface area contributed by atoms with E-state index >= 15 is 0 Å². The lowest BCUT2D eigenvalue weighted by Crippen LogP contribution is -2.01. The molecule has 0 saturated carbocycles. The third-order valence-corrected chi connectivity index (χ3v) is 5.22. The van der Waals surface area contributed by atoms with Crippen molar-refractivity contribution in [1.29, 1.82) is 5.26 Å². The lowest BCUT2D eigenvalue weighted by molar-refractivity contribution is 0.466. The molecule has 2 heterocycles. The molecule has 0 aliphatic heterocycles. The molecule has 26 heavy (non-hydrogen) atoms. The second-order valence-corrected chi connectivity index (χ2v) is 7.05. The fourth-order valence-corrected chi connectivity index (χ4v) is 3.99. The van der Waals surface area contributed by atoms with E-state index in [1.54, 1.807) is 0 Å². The average Bonchev–Trinajstić information content (AvgIpc) is 2.58. The molecule has 0 atom stereocenters. The quantitative estimate of drug-likeness (QED) is 0.549. The highest BCUT2D eigenvalue weighted by molar-refractivity contribution is 7.98. The molecule has 0 radical (unpaired) electrons. The Balaban J connectivity index is 2.05. The second kappa shape index (κ2) is 7.22. The summed E-state index contributed by atoms with van der Waals surface area (Å²) in [4.78, 5) is 16.4. The number of pyridine rings is 1. The molecule has 3 rings (SSSR count). The second-order valence-electron chi connectivity index (χ2n) is 6.08. The topological polar surface area (TPSA) is 87.1 Å². The van der Waals surface area contributed by atoms with Crippen LogP contribution in [0.15, 0.2) is 38.5 Å². The van der Waals surface area contributed by atoms with Crippen LogP contribution >= 0.6 is 11.8 Å². The van der Waals surface area contributed by atoms with Crippen LogP contribution in [0.4, 0.5) is 0 Å². The first-order chi connectivity index (χ1) is 12.4. The predicted octanol–water partition coefficient (Wildman–Crippen LogP) is 4.24. The smallest absolute Gasteiger partial charge is 0.336 e. The molecule has 2 aromatic heterocycles. The molecule has 0 spiro atoms. The van der Waals surface area contributed by atoms with Crippen LogP contribution < -0.4 is 5.63 Å². The van der Waals surface area contributed by atoms with E-state index in [1.165, 1.54) is 23.9 Å². The zero-order chi connectivity index (χ0) is 18.8. The van der Waals surface area contributed by atoms with Gasteiger partial charge >= 0.3 is 5.63 Å². The van der Waals surface area contributed by atoms with E-state index in [-0.39, 0.29) is 5.75 Å². The maximum absolute atomic E-state index is 11.9. The van der Waals surface area contributed by atoms with Gasteiger partial charge in [-0.05, 0) is 49.1 Å². The monoisotopic (exact) mass is 366 g/mol. The summed E-state index contributed by atoms with van der Waals surface area (Å²) in [6.07, 6.45) is 0.671. The summed E-state index contributed by atoms with van der Waals surface area (Å²) < 4.78 is 5.23. The minimum Gasteiger partial charge on any atom is -0.508 e. The van der Waals surface area contributed by atoms with Crippen molar-refractivity contribution in [1.82, 2.24) is 4.98 Å². The van der Waals surface area contributed by atoms with Crippen molar-refractivity contribution in [2.24, 2.45) is 0 Å². The molecule has 0 unspecified atom stereocenters. The number of aromatic hydroxyl groups is 1. The number of hydrogen-bond acceptors (Lipinski definition) is 6. The Kier molecular flexibility index (Phi) is 5.01. The summed E-state index contributed by atoms with van der Waals surface area (Å²) in [5, 5.41) is 20.9. The van der Waals surface area contributed by atoms with E-state index in [1.807, 2.05) is 32.9 Å². The molecule has 5 nitrogen and oxygen atoms in total. The molecule has 0 aliphatic rings.